The lowest BCUT2D eigenvalue weighted by molar-refractivity contribution is -0.870. The first-order chi connectivity index (χ1) is 5.42. The molecule has 0 aliphatic heterocycles. The number of carbonyl (C=O) groups is 1. The topological polar surface area (TPSA) is 26.3 Å². The van der Waals surface area contributed by atoms with Crippen LogP contribution in [0.15, 0.2) is 0 Å². The van der Waals surface area contributed by atoms with E-state index in [4.69, 9.17) is 4.74 Å². The van der Waals surface area contributed by atoms with Gasteiger partial charge in [-0.25, -0.2) is 0 Å². The molecular weight excluding hydrogens is 281 g/mol. The molecular formula is C9H20INO2. The Kier molecular flexibility index (Phi) is 9.08. The van der Waals surface area contributed by atoms with Gasteiger partial charge >= 0.3 is 5.97 Å². The number of hydrogen-bond donors (Lipinski definition) is 0. The highest BCUT2D eigenvalue weighted by Gasteiger charge is 2.05. The van der Waals surface area contributed by atoms with Gasteiger partial charge in [-0.3, -0.25) is 4.79 Å². The first kappa shape index (κ1) is 15.6. The Morgan fingerprint density at radius 1 is 1.23 bits per heavy atom. The molecule has 0 unspecified atom stereocenters. The molecule has 4 heteroatoms. The molecule has 0 aromatic heterocycles. The number of quaternary nitrogens is 1. The molecule has 0 radical (unpaired) electrons. The molecule has 0 bridgehead atoms. The summed E-state index contributed by atoms with van der Waals surface area (Å²) in [4.78, 5) is 10.4. The van der Waals surface area contributed by atoms with Crippen molar-refractivity contribution in [3.05, 3.63) is 0 Å². The largest absolute Gasteiger partial charge is 1.00 e. The van der Waals surface area contributed by atoms with E-state index < -0.39 is 0 Å². The molecule has 0 aromatic carbocycles. The predicted octanol–water partition coefficient (Wildman–Crippen LogP) is -1.96. The molecule has 0 fully saturated rings. The van der Waals surface area contributed by atoms with Crippen LogP contribution in [0.5, 0.6) is 0 Å². The van der Waals surface area contributed by atoms with Gasteiger partial charge in [0.25, 0.3) is 0 Å². The van der Waals surface area contributed by atoms with Crippen LogP contribution in [0.3, 0.4) is 0 Å². The van der Waals surface area contributed by atoms with Gasteiger partial charge in [0.15, 0.2) is 0 Å². The smallest absolute Gasteiger partial charge is 0.302 e. The lowest BCUT2D eigenvalue weighted by atomic mass is 10.3. The molecule has 0 saturated heterocycles. The maximum Gasteiger partial charge on any atom is 0.302 e. The van der Waals surface area contributed by atoms with Crippen molar-refractivity contribution in [3.8, 4) is 0 Å². The summed E-state index contributed by atoms with van der Waals surface area (Å²) >= 11 is 0. The second kappa shape index (κ2) is 7.55. The van der Waals surface area contributed by atoms with Crippen LogP contribution in [0.25, 0.3) is 0 Å². The Morgan fingerprint density at radius 3 is 2.15 bits per heavy atom. The van der Waals surface area contributed by atoms with E-state index in [2.05, 4.69) is 21.1 Å². The van der Waals surface area contributed by atoms with E-state index in [0.29, 0.717) is 6.61 Å². The van der Waals surface area contributed by atoms with E-state index in [1.807, 2.05) is 0 Å². The molecule has 0 N–H and O–H groups in total. The normalized spacial score (nSPS) is 10.5. The van der Waals surface area contributed by atoms with Crippen molar-refractivity contribution < 1.29 is 38.0 Å². The van der Waals surface area contributed by atoms with E-state index in [0.717, 1.165) is 23.9 Å². The van der Waals surface area contributed by atoms with Crippen LogP contribution in [-0.2, 0) is 9.53 Å². The molecule has 0 atom stereocenters. The second-order valence-corrected chi connectivity index (χ2v) is 4.06. The van der Waals surface area contributed by atoms with E-state index in [-0.39, 0.29) is 29.9 Å². The van der Waals surface area contributed by atoms with Gasteiger partial charge in [-0.15, -0.1) is 0 Å². The van der Waals surface area contributed by atoms with Crippen LogP contribution < -0.4 is 24.0 Å². The zero-order valence-electron chi connectivity index (χ0n) is 8.97. The van der Waals surface area contributed by atoms with Crippen LogP contribution >= 0.6 is 0 Å². The van der Waals surface area contributed by atoms with Crippen molar-refractivity contribution in [2.45, 2.75) is 19.8 Å². The number of ether oxygens (including phenoxy) is 1. The van der Waals surface area contributed by atoms with Crippen LogP contribution in [0.1, 0.15) is 19.8 Å². The summed E-state index contributed by atoms with van der Waals surface area (Å²) < 4.78 is 5.78. The van der Waals surface area contributed by atoms with Gasteiger partial charge in [-0.1, -0.05) is 0 Å². The lowest BCUT2D eigenvalue weighted by Crippen LogP contribution is -3.00. The highest BCUT2D eigenvalue weighted by Crippen LogP contribution is 1.97. The Hall–Kier alpha value is 0.160. The first-order valence-electron chi connectivity index (χ1n) is 4.35. The van der Waals surface area contributed by atoms with Crippen molar-refractivity contribution in [1.82, 2.24) is 0 Å². The summed E-state index contributed by atoms with van der Waals surface area (Å²) in [7, 11) is 6.48. The Labute approximate surface area is 98.0 Å². The van der Waals surface area contributed by atoms with E-state index in [1.54, 1.807) is 0 Å². The Balaban J connectivity index is 0. The number of nitrogens with zero attached hydrogens (tertiary/aromatic N) is 1. The third kappa shape index (κ3) is 15.0. The van der Waals surface area contributed by atoms with E-state index in [9.17, 15) is 4.79 Å². The molecule has 0 saturated carbocycles. The quantitative estimate of drug-likeness (QED) is 0.255. The zero-order valence-corrected chi connectivity index (χ0v) is 11.1. The lowest BCUT2D eigenvalue weighted by Gasteiger charge is -2.23. The minimum Gasteiger partial charge on any atom is -1.00 e. The summed E-state index contributed by atoms with van der Waals surface area (Å²) in [6, 6.07) is 0. The Morgan fingerprint density at radius 2 is 1.77 bits per heavy atom. The highest BCUT2D eigenvalue weighted by atomic mass is 127. The number of halogens is 1. The molecule has 0 rings (SSSR count). The number of unbranched alkanes of at least 4 members (excludes halogenated alkanes) is 1. The number of hydrogen-bond acceptors (Lipinski definition) is 2. The van der Waals surface area contributed by atoms with E-state index >= 15 is 0 Å². The molecule has 0 spiro atoms. The fourth-order valence-corrected chi connectivity index (χ4v) is 0.904. The van der Waals surface area contributed by atoms with Crippen molar-refractivity contribution in [3.63, 3.8) is 0 Å². The van der Waals surface area contributed by atoms with Crippen LogP contribution in [0.4, 0.5) is 0 Å². The fraction of sp³-hybridized carbons (Fsp3) is 0.889. The van der Waals surface area contributed by atoms with Gasteiger partial charge in [0, 0.05) is 6.92 Å². The van der Waals surface area contributed by atoms with Gasteiger partial charge in [0.2, 0.25) is 0 Å². The summed E-state index contributed by atoms with van der Waals surface area (Å²) in [6.07, 6.45) is 2.08. The summed E-state index contributed by atoms with van der Waals surface area (Å²) in [5, 5.41) is 0. The van der Waals surface area contributed by atoms with Gasteiger partial charge in [0.1, 0.15) is 0 Å². The van der Waals surface area contributed by atoms with Crippen LogP contribution in [0, 0.1) is 0 Å². The van der Waals surface area contributed by atoms with Gasteiger partial charge in [0.05, 0.1) is 34.3 Å². The van der Waals surface area contributed by atoms with Crippen molar-refractivity contribution >= 4 is 5.97 Å². The second-order valence-electron chi connectivity index (χ2n) is 4.06. The van der Waals surface area contributed by atoms with Crippen LogP contribution in [-0.4, -0.2) is 44.7 Å². The predicted molar refractivity (Wildman–Crippen MR) is 48.8 cm³/mol. The SMILES string of the molecule is CC(=O)OCCCC[N+](C)(C)C.[I-]. The summed E-state index contributed by atoms with van der Waals surface area (Å²) in [5.41, 5.74) is 0. The molecule has 3 nitrogen and oxygen atoms in total. The molecule has 0 aliphatic carbocycles. The molecule has 0 amide bonds. The average Bonchev–Trinajstić information content (AvgIpc) is 1.83. The molecule has 0 aromatic rings. The number of rotatable bonds is 5. The average molecular weight is 301 g/mol. The third-order valence-corrected chi connectivity index (χ3v) is 1.53. The fourth-order valence-electron chi connectivity index (χ4n) is 0.904. The molecule has 0 aliphatic rings. The minimum atomic E-state index is -0.180. The highest BCUT2D eigenvalue weighted by molar-refractivity contribution is 5.65. The standard InChI is InChI=1S/C9H20NO2.HI/c1-9(11)12-8-6-5-7-10(2,3)4;/h5-8H2,1-4H3;1H/q+1;/p-1. The minimum absolute atomic E-state index is 0. The van der Waals surface area contributed by atoms with Crippen molar-refractivity contribution in [2.75, 3.05) is 34.3 Å². The monoisotopic (exact) mass is 301 g/mol. The maximum absolute atomic E-state index is 10.4. The Bertz CT molecular complexity index is 143. The van der Waals surface area contributed by atoms with Gasteiger partial charge in [-0.2, -0.15) is 0 Å². The molecule has 80 valence electrons. The number of esters is 1. The summed E-state index contributed by atoms with van der Waals surface area (Å²) in [5.74, 6) is -0.180. The summed E-state index contributed by atoms with van der Waals surface area (Å²) in [6.45, 7) is 3.14. The third-order valence-electron chi connectivity index (χ3n) is 1.53. The number of carbonyl (C=O) groups excluding carboxylic acids is 1. The van der Waals surface area contributed by atoms with Crippen LogP contribution in [0.2, 0.25) is 0 Å². The molecule has 0 heterocycles. The van der Waals surface area contributed by atoms with Gasteiger partial charge < -0.3 is 33.2 Å². The van der Waals surface area contributed by atoms with Crippen molar-refractivity contribution in [2.24, 2.45) is 0 Å². The maximum atomic E-state index is 10.4. The zero-order chi connectivity index (χ0) is 9.61. The molecule has 13 heavy (non-hydrogen) atoms. The first-order valence-corrected chi connectivity index (χ1v) is 4.35. The van der Waals surface area contributed by atoms with Crippen molar-refractivity contribution in [1.29, 1.82) is 0 Å². The van der Waals surface area contributed by atoms with E-state index in [1.165, 1.54) is 6.92 Å². The van der Waals surface area contributed by atoms with Gasteiger partial charge in [-0.05, 0) is 12.8 Å².